The van der Waals surface area contributed by atoms with Crippen LogP contribution >= 0.6 is 0 Å². The van der Waals surface area contributed by atoms with Crippen LogP contribution < -0.4 is 4.74 Å². The monoisotopic (exact) mass is 385 g/mol. The van der Waals surface area contributed by atoms with Gasteiger partial charge in [0.2, 0.25) is 0 Å². The van der Waals surface area contributed by atoms with Crippen LogP contribution in [0.3, 0.4) is 0 Å². The van der Waals surface area contributed by atoms with Gasteiger partial charge in [-0.05, 0) is 35.7 Å². The number of aromatic nitrogens is 1. The van der Waals surface area contributed by atoms with E-state index in [2.05, 4.69) is 4.98 Å². The van der Waals surface area contributed by atoms with Crippen LogP contribution in [0.25, 0.3) is 22.0 Å². The van der Waals surface area contributed by atoms with Crippen LogP contribution in [0.4, 0.5) is 0 Å². The lowest BCUT2D eigenvalue weighted by Crippen LogP contribution is -2.02. The van der Waals surface area contributed by atoms with Gasteiger partial charge in [0.25, 0.3) is 0 Å². The molecule has 5 nitrogen and oxygen atoms in total. The van der Waals surface area contributed by atoms with E-state index in [9.17, 15) is 15.0 Å². The highest BCUT2D eigenvalue weighted by Crippen LogP contribution is 2.36. The van der Waals surface area contributed by atoms with Gasteiger partial charge < -0.3 is 14.9 Å². The Morgan fingerprint density at radius 2 is 1.76 bits per heavy atom. The summed E-state index contributed by atoms with van der Waals surface area (Å²) in [7, 11) is 0. The highest BCUT2D eigenvalue weighted by atomic mass is 16.5. The van der Waals surface area contributed by atoms with E-state index in [0.717, 1.165) is 28.3 Å². The lowest BCUT2D eigenvalue weighted by Gasteiger charge is -2.13. The van der Waals surface area contributed by atoms with Crippen LogP contribution in [-0.4, -0.2) is 21.2 Å². The summed E-state index contributed by atoms with van der Waals surface area (Å²) in [4.78, 5) is 15.6. The van der Waals surface area contributed by atoms with Crippen LogP contribution in [-0.2, 0) is 6.61 Å². The minimum atomic E-state index is -1.21. The zero-order valence-corrected chi connectivity index (χ0v) is 15.8. The quantitative estimate of drug-likeness (QED) is 0.494. The Balaban J connectivity index is 1.87. The topological polar surface area (TPSA) is 79.7 Å². The first-order valence-corrected chi connectivity index (χ1v) is 9.16. The molecule has 2 N–H and O–H groups in total. The predicted octanol–water partition coefficient (Wildman–Crippen LogP) is 5.19. The molecule has 0 unspecified atom stereocenters. The van der Waals surface area contributed by atoms with Crippen molar-refractivity contribution in [2.45, 2.75) is 13.5 Å². The van der Waals surface area contributed by atoms with Crippen molar-refractivity contribution in [3.8, 4) is 22.6 Å². The molecule has 0 aliphatic heterocycles. The van der Waals surface area contributed by atoms with Crippen LogP contribution in [0, 0.1) is 6.92 Å². The van der Waals surface area contributed by atoms with Gasteiger partial charge in [0, 0.05) is 11.5 Å². The number of hydrogen-bond donors (Lipinski definition) is 2. The third-order valence-electron chi connectivity index (χ3n) is 4.66. The van der Waals surface area contributed by atoms with Gasteiger partial charge >= 0.3 is 5.97 Å². The minimum absolute atomic E-state index is 0.147. The molecule has 0 saturated heterocycles. The first kappa shape index (κ1) is 18.5. The molecule has 0 aliphatic carbocycles. The summed E-state index contributed by atoms with van der Waals surface area (Å²) in [6.45, 7) is 2.31. The molecule has 29 heavy (non-hydrogen) atoms. The molecule has 0 fully saturated rings. The maximum absolute atomic E-state index is 11.4. The molecule has 0 aliphatic rings. The molecule has 3 aromatic carbocycles. The summed E-state index contributed by atoms with van der Waals surface area (Å²) < 4.78 is 6.02. The Hall–Kier alpha value is -3.86. The van der Waals surface area contributed by atoms with E-state index in [1.807, 2.05) is 67.6 Å². The molecule has 0 atom stereocenters. The molecule has 0 saturated carbocycles. The molecular weight excluding hydrogens is 366 g/mol. The second kappa shape index (κ2) is 7.64. The van der Waals surface area contributed by atoms with Crippen molar-refractivity contribution in [2.24, 2.45) is 0 Å². The van der Waals surface area contributed by atoms with E-state index in [1.54, 1.807) is 6.07 Å². The van der Waals surface area contributed by atoms with Crippen molar-refractivity contribution in [3.05, 3.63) is 89.6 Å². The van der Waals surface area contributed by atoms with E-state index in [4.69, 9.17) is 4.74 Å². The Morgan fingerprint density at radius 3 is 2.48 bits per heavy atom. The largest absolute Gasteiger partial charge is 0.507 e. The zero-order valence-electron chi connectivity index (χ0n) is 15.8. The SMILES string of the molecule is Cc1cccc(-c2cc(OCc3ccccc3)c3nc(C(=O)O)cc(O)c3c2)c1. The summed E-state index contributed by atoms with van der Waals surface area (Å²) in [6, 6.07) is 22.4. The third kappa shape index (κ3) is 3.89. The van der Waals surface area contributed by atoms with Crippen molar-refractivity contribution in [3.63, 3.8) is 0 Å². The van der Waals surface area contributed by atoms with Gasteiger partial charge in [-0.15, -0.1) is 0 Å². The molecule has 1 heterocycles. The molecular formula is C24H19NO4. The van der Waals surface area contributed by atoms with Crippen molar-refractivity contribution in [1.29, 1.82) is 0 Å². The molecule has 5 heteroatoms. The highest BCUT2D eigenvalue weighted by Gasteiger charge is 2.16. The summed E-state index contributed by atoms with van der Waals surface area (Å²) in [5.41, 5.74) is 3.98. The van der Waals surface area contributed by atoms with Crippen LogP contribution in [0.1, 0.15) is 21.6 Å². The fourth-order valence-corrected chi connectivity index (χ4v) is 3.22. The Morgan fingerprint density at radius 1 is 0.966 bits per heavy atom. The second-order valence-electron chi connectivity index (χ2n) is 6.85. The summed E-state index contributed by atoms with van der Waals surface area (Å²) in [5, 5.41) is 20.2. The van der Waals surface area contributed by atoms with E-state index in [1.165, 1.54) is 0 Å². The smallest absolute Gasteiger partial charge is 0.354 e. The van der Waals surface area contributed by atoms with Crippen molar-refractivity contribution in [1.82, 2.24) is 4.98 Å². The number of carboxylic acid groups (broad SMARTS) is 1. The number of hydrogen-bond acceptors (Lipinski definition) is 4. The lowest BCUT2D eigenvalue weighted by atomic mass is 10.0. The maximum atomic E-state index is 11.4. The summed E-state index contributed by atoms with van der Waals surface area (Å²) in [6.07, 6.45) is 0. The lowest BCUT2D eigenvalue weighted by molar-refractivity contribution is 0.0690. The minimum Gasteiger partial charge on any atom is -0.507 e. The predicted molar refractivity (Wildman–Crippen MR) is 111 cm³/mol. The number of nitrogens with zero attached hydrogens (tertiary/aromatic N) is 1. The second-order valence-corrected chi connectivity index (χ2v) is 6.85. The van der Waals surface area contributed by atoms with Gasteiger partial charge in [0.1, 0.15) is 23.6 Å². The van der Waals surface area contributed by atoms with Crippen LogP contribution in [0.15, 0.2) is 72.8 Å². The van der Waals surface area contributed by atoms with Crippen molar-refractivity contribution in [2.75, 3.05) is 0 Å². The van der Waals surface area contributed by atoms with Gasteiger partial charge in [0.05, 0.1) is 0 Å². The molecule has 0 bridgehead atoms. The average molecular weight is 385 g/mol. The molecule has 4 rings (SSSR count). The Kier molecular flexibility index (Phi) is 4.87. The molecule has 0 amide bonds. The first-order chi connectivity index (χ1) is 14.0. The number of rotatable bonds is 5. The normalized spacial score (nSPS) is 10.8. The van der Waals surface area contributed by atoms with Crippen molar-refractivity contribution < 1.29 is 19.7 Å². The number of pyridine rings is 1. The van der Waals surface area contributed by atoms with Gasteiger partial charge in [0.15, 0.2) is 5.69 Å². The number of benzene rings is 3. The molecule has 4 aromatic rings. The summed E-state index contributed by atoms with van der Waals surface area (Å²) >= 11 is 0. The number of carboxylic acids is 1. The number of aromatic hydroxyl groups is 1. The fourth-order valence-electron chi connectivity index (χ4n) is 3.22. The van der Waals surface area contributed by atoms with Gasteiger partial charge in [-0.2, -0.15) is 0 Å². The fraction of sp³-hybridized carbons (Fsp3) is 0.0833. The number of carbonyl (C=O) groups is 1. The number of ether oxygens (including phenoxy) is 1. The van der Waals surface area contributed by atoms with Gasteiger partial charge in [-0.25, -0.2) is 9.78 Å². The maximum Gasteiger partial charge on any atom is 0.354 e. The Labute approximate surface area is 167 Å². The van der Waals surface area contributed by atoms with Crippen LogP contribution in [0.2, 0.25) is 0 Å². The molecule has 0 radical (unpaired) electrons. The van der Waals surface area contributed by atoms with Crippen LogP contribution in [0.5, 0.6) is 11.5 Å². The number of aryl methyl sites for hydroxylation is 1. The van der Waals surface area contributed by atoms with Crippen molar-refractivity contribution >= 4 is 16.9 Å². The van der Waals surface area contributed by atoms with E-state index >= 15 is 0 Å². The standard InChI is InChI=1S/C24H19NO4/c1-15-6-5-9-17(10-15)18-11-19-21(26)13-20(24(27)28)25-23(19)22(12-18)29-14-16-7-3-2-4-8-16/h2-13H,14H2,1H3,(H,25,26)(H,27,28). The molecule has 144 valence electrons. The molecule has 0 spiro atoms. The van der Waals surface area contributed by atoms with Gasteiger partial charge in [-0.3, -0.25) is 0 Å². The summed E-state index contributed by atoms with van der Waals surface area (Å²) in [5.74, 6) is -0.938. The highest BCUT2D eigenvalue weighted by molar-refractivity contribution is 5.97. The zero-order chi connectivity index (χ0) is 20.4. The first-order valence-electron chi connectivity index (χ1n) is 9.16. The van der Waals surface area contributed by atoms with Gasteiger partial charge in [-0.1, -0.05) is 60.2 Å². The third-order valence-corrected chi connectivity index (χ3v) is 4.66. The number of fused-ring (bicyclic) bond motifs is 1. The van der Waals surface area contributed by atoms with E-state index < -0.39 is 5.97 Å². The van der Waals surface area contributed by atoms with E-state index in [-0.39, 0.29) is 11.4 Å². The number of aromatic carboxylic acids is 1. The van der Waals surface area contributed by atoms with E-state index in [0.29, 0.717) is 23.3 Å². The Bertz CT molecular complexity index is 1200. The average Bonchev–Trinajstić information content (AvgIpc) is 2.72. The molecule has 1 aromatic heterocycles.